The van der Waals surface area contributed by atoms with Crippen LogP contribution in [0.1, 0.15) is 5.56 Å². The molecule has 9 heteroatoms. The number of piperazine rings is 1. The third kappa shape index (κ3) is 5.71. The number of nitrogens with zero attached hydrogens (tertiary/aromatic N) is 6. The van der Waals surface area contributed by atoms with Crippen LogP contribution in [0.2, 0.25) is 0 Å². The summed E-state index contributed by atoms with van der Waals surface area (Å²) in [6, 6.07) is 16.9. The van der Waals surface area contributed by atoms with E-state index in [0.717, 1.165) is 38.4 Å². The van der Waals surface area contributed by atoms with Gasteiger partial charge in [0.25, 0.3) is 0 Å². The van der Waals surface area contributed by atoms with Crippen molar-refractivity contribution >= 4 is 23.7 Å². The molecule has 4 rings (SSSR count). The zero-order chi connectivity index (χ0) is 21.5. The van der Waals surface area contributed by atoms with Crippen LogP contribution in [0.15, 0.2) is 65.8 Å². The van der Waals surface area contributed by atoms with Gasteiger partial charge in [0.15, 0.2) is 0 Å². The summed E-state index contributed by atoms with van der Waals surface area (Å²) in [6.07, 6.45) is 4.30. The van der Waals surface area contributed by atoms with Crippen molar-refractivity contribution in [2.24, 2.45) is 0 Å². The summed E-state index contributed by atoms with van der Waals surface area (Å²) < 4.78 is 1.56. The van der Waals surface area contributed by atoms with Gasteiger partial charge >= 0.3 is 0 Å². The molecule has 1 N–H and O–H groups in total. The SMILES string of the molecule is O=C(CSc1nnnn1-c1ccc(O)cc1)N1CCN(CC=Cc2ccccc2)CC1. The van der Waals surface area contributed by atoms with E-state index in [0.29, 0.717) is 5.16 Å². The van der Waals surface area contributed by atoms with Crippen LogP contribution in [0.5, 0.6) is 5.75 Å². The first-order chi connectivity index (χ1) is 15.2. The van der Waals surface area contributed by atoms with Crippen molar-refractivity contribution in [3.63, 3.8) is 0 Å². The Labute approximate surface area is 185 Å². The van der Waals surface area contributed by atoms with E-state index in [1.807, 2.05) is 23.1 Å². The summed E-state index contributed by atoms with van der Waals surface area (Å²) in [5.74, 6) is 0.549. The van der Waals surface area contributed by atoms with Gasteiger partial charge in [-0.3, -0.25) is 9.69 Å². The maximum atomic E-state index is 12.7. The lowest BCUT2D eigenvalue weighted by molar-refractivity contribution is -0.130. The molecule has 0 radical (unpaired) electrons. The number of hydrogen-bond acceptors (Lipinski definition) is 7. The minimum absolute atomic E-state index is 0.0877. The number of carbonyl (C=O) groups is 1. The lowest BCUT2D eigenvalue weighted by atomic mass is 10.2. The molecule has 1 aliphatic rings. The molecule has 2 aromatic carbocycles. The van der Waals surface area contributed by atoms with Gasteiger partial charge < -0.3 is 10.0 Å². The van der Waals surface area contributed by atoms with Crippen LogP contribution in [0.4, 0.5) is 0 Å². The fraction of sp³-hybridized carbons (Fsp3) is 0.273. The number of tetrazole rings is 1. The fourth-order valence-corrected chi connectivity index (χ4v) is 4.12. The van der Waals surface area contributed by atoms with Gasteiger partial charge in [-0.15, -0.1) is 5.10 Å². The Morgan fingerprint density at radius 1 is 1.03 bits per heavy atom. The molecule has 1 saturated heterocycles. The maximum Gasteiger partial charge on any atom is 0.233 e. The summed E-state index contributed by atoms with van der Waals surface area (Å²) in [5.41, 5.74) is 1.93. The third-order valence-electron chi connectivity index (χ3n) is 5.06. The Hall–Kier alpha value is -3.17. The van der Waals surface area contributed by atoms with Gasteiger partial charge in [0, 0.05) is 32.7 Å². The number of thioether (sulfide) groups is 1. The Morgan fingerprint density at radius 2 is 1.77 bits per heavy atom. The molecule has 1 fully saturated rings. The first-order valence-corrected chi connectivity index (χ1v) is 11.1. The van der Waals surface area contributed by atoms with E-state index >= 15 is 0 Å². The fourth-order valence-electron chi connectivity index (χ4n) is 3.32. The van der Waals surface area contributed by atoms with Crippen molar-refractivity contribution in [1.29, 1.82) is 0 Å². The number of rotatable bonds is 7. The standard InChI is InChI=1S/C22H24N6O2S/c29-20-10-8-19(9-11-20)28-22(23-24-25-28)31-17-21(30)27-15-13-26(14-16-27)12-4-7-18-5-2-1-3-6-18/h1-11,29H,12-17H2. The largest absolute Gasteiger partial charge is 0.508 e. The molecule has 0 atom stereocenters. The van der Waals surface area contributed by atoms with Crippen LogP contribution in [0.3, 0.4) is 0 Å². The maximum absolute atomic E-state index is 12.7. The molecule has 31 heavy (non-hydrogen) atoms. The zero-order valence-corrected chi connectivity index (χ0v) is 17.9. The van der Waals surface area contributed by atoms with Gasteiger partial charge in [0.2, 0.25) is 11.1 Å². The number of benzene rings is 2. The lowest BCUT2D eigenvalue weighted by Crippen LogP contribution is -2.49. The van der Waals surface area contributed by atoms with E-state index in [4.69, 9.17) is 0 Å². The highest BCUT2D eigenvalue weighted by molar-refractivity contribution is 7.99. The van der Waals surface area contributed by atoms with Gasteiger partial charge in [-0.25, -0.2) is 0 Å². The van der Waals surface area contributed by atoms with Gasteiger partial charge in [0.1, 0.15) is 5.75 Å². The van der Waals surface area contributed by atoms with Crippen molar-refractivity contribution in [3.8, 4) is 11.4 Å². The van der Waals surface area contributed by atoms with Crippen LogP contribution >= 0.6 is 11.8 Å². The number of aromatic nitrogens is 4. The monoisotopic (exact) mass is 436 g/mol. The van der Waals surface area contributed by atoms with Crippen molar-refractivity contribution in [3.05, 3.63) is 66.2 Å². The molecule has 0 spiro atoms. The molecule has 8 nitrogen and oxygen atoms in total. The molecule has 0 bridgehead atoms. The Morgan fingerprint density at radius 3 is 2.52 bits per heavy atom. The van der Waals surface area contributed by atoms with Crippen molar-refractivity contribution in [2.45, 2.75) is 5.16 Å². The quantitative estimate of drug-likeness (QED) is 0.569. The molecule has 0 aliphatic carbocycles. The molecule has 1 aromatic heterocycles. The molecule has 0 unspecified atom stereocenters. The lowest BCUT2D eigenvalue weighted by Gasteiger charge is -2.34. The highest BCUT2D eigenvalue weighted by Crippen LogP contribution is 2.20. The van der Waals surface area contributed by atoms with Gasteiger partial charge in [-0.05, 0) is 40.3 Å². The zero-order valence-electron chi connectivity index (χ0n) is 17.0. The summed E-state index contributed by atoms with van der Waals surface area (Å²) in [6.45, 7) is 4.05. The minimum atomic E-state index is 0.0877. The van der Waals surface area contributed by atoms with E-state index in [9.17, 15) is 9.90 Å². The van der Waals surface area contributed by atoms with Gasteiger partial charge in [-0.1, -0.05) is 54.2 Å². The third-order valence-corrected chi connectivity index (χ3v) is 5.96. The van der Waals surface area contributed by atoms with Crippen molar-refractivity contribution < 1.29 is 9.90 Å². The van der Waals surface area contributed by atoms with Crippen LogP contribution in [0.25, 0.3) is 11.8 Å². The molecule has 1 aliphatic heterocycles. The minimum Gasteiger partial charge on any atom is -0.508 e. The Bertz CT molecular complexity index is 1010. The number of aromatic hydroxyl groups is 1. The second-order valence-corrected chi connectivity index (χ2v) is 8.12. The van der Waals surface area contributed by atoms with E-state index < -0.39 is 0 Å². The van der Waals surface area contributed by atoms with Crippen molar-refractivity contribution in [2.75, 3.05) is 38.5 Å². The Balaban J connectivity index is 1.23. The predicted molar refractivity (Wildman–Crippen MR) is 120 cm³/mol. The van der Waals surface area contributed by atoms with E-state index in [1.54, 1.807) is 28.9 Å². The van der Waals surface area contributed by atoms with E-state index in [-0.39, 0.29) is 17.4 Å². The second kappa shape index (κ2) is 10.2. The highest BCUT2D eigenvalue weighted by atomic mass is 32.2. The molecular weight excluding hydrogens is 412 g/mol. The molecule has 3 aromatic rings. The summed E-state index contributed by atoms with van der Waals surface area (Å²) >= 11 is 1.32. The predicted octanol–water partition coefficient (Wildman–Crippen LogP) is 2.32. The van der Waals surface area contributed by atoms with Crippen molar-refractivity contribution in [1.82, 2.24) is 30.0 Å². The molecular formula is C22H24N6O2S. The average molecular weight is 437 g/mol. The summed E-state index contributed by atoms with van der Waals surface area (Å²) in [4.78, 5) is 16.9. The Kier molecular flexibility index (Phi) is 6.96. The number of carbonyl (C=O) groups excluding carboxylic acids is 1. The molecule has 160 valence electrons. The van der Waals surface area contributed by atoms with E-state index in [1.165, 1.54) is 17.3 Å². The topological polar surface area (TPSA) is 87.4 Å². The first-order valence-electron chi connectivity index (χ1n) is 10.1. The number of phenolic OH excluding ortho intramolecular Hbond substituents is 1. The molecule has 2 heterocycles. The van der Waals surface area contributed by atoms with Crippen LogP contribution in [0, 0.1) is 0 Å². The highest BCUT2D eigenvalue weighted by Gasteiger charge is 2.21. The smallest absolute Gasteiger partial charge is 0.233 e. The number of amides is 1. The average Bonchev–Trinajstić information content (AvgIpc) is 3.28. The normalized spacial score (nSPS) is 14.9. The first kappa shape index (κ1) is 21.1. The second-order valence-electron chi connectivity index (χ2n) is 7.17. The van der Waals surface area contributed by atoms with Crippen LogP contribution in [-0.4, -0.2) is 79.5 Å². The summed E-state index contributed by atoms with van der Waals surface area (Å²) in [7, 11) is 0. The van der Waals surface area contributed by atoms with Crippen LogP contribution < -0.4 is 0 Å². The molecule has 0 saturated carbocycles. The van der Waals surface area contributed by atoms with Gasteiger partial charge in [-0.2, -0.15) is 4.68 Å². The van der Waals surface area contributed by atoms with Crippen LogP contribution in [-0.2, 0) is 4.79 Å². The summed E-state index contributed by atoms with van der Waals surface area (Å²) in [5, 5.41) is 21.7. The van der Waals surface area contributed by atoms with Gasteiger partial charge in [0.05, 0.1) is 11.4 Å². The molecule has 1 amide bonds. The number of phenols is 1. The number of hydrogen-bond donors (Lipinski definition) is 1. The van der Waals surface area contributed by atoms with E-state index in [2.05, 4.69) is 44.7 Å².